The van der Waals surface area contributed by atoms with Gasteiger partial charge in [0.2, 0.25) is 5.91 Å². The van der Waals surface area contributed by atoms with Crippen LogP contribution in [0.3, 0.4) is 0 Å². The Kier molecular flexibility index (Phi) is 4.51. The summed E-state index contributed by atoms with van der Waals surface area (Å²) in [6, 6.07) is -0.381. The minimum atomic E-state index is -0.841. The van der Waals surface area contributed by atoms with E-state index in [4.69, 9.17) is 0 Å². The van der Waals surface area contributed by atoms with Gasteiger partial charge in [-0.25, -0.2) is 4.79 Å². The first-order valence-corrected chi connectivity index (χ1v) is 7.59. The van der Waals surface area contributed by atoms with E-state index in [0.29, 0.717) is 19.4 Å². The molecule has 2 rings (SSSR count). The highest BCUT2D eigenvalue weighted by molar-refractivity contribution is 6.09. The highest BCUT2D eigenvalue weighted by Crippen LogP contribution is 2.24. The molecule has 2 fully saturated rings. The Bertz CT molecular complexity index is 448. The Hall–Kier alpha value is -1.63. The molecule has 0 aromatic carbocycles. The smallest absolute Gasteiger partial charge is 0.325 e. The van der Waals surface area contributed by atoms with Gasteiger partial charge in [0.1, 0.15) is 12.1 Å². The molecule has 0 spiro atoms. The Morgan fingerprint density at radius 1 is 1.33 bits per heavy atom. The summed E-state index contributed by atoms with van der Waals surface area (Å²) in [4.78, 5) is 39.6. The Labute approximate surface area is 125 Å². The van der Waals surface area contributed by atoms with Gasteiger partial charge in [0.15, 0.2) is 0 Å². The predicted molar refractivity (Wildman–Crippen MR) is 77.6 cm³/mol. The van der Waals surface area contributed by atoms with Gasteiger partial charge < -0.3 is 15.5 Å². The highest BCUT2D eigenvalue weighted by atomic mass is 16.2. The fourth-order valence-corrected chi connectivity index (χ4v) is 2.99. The number of carbonyl (C=O) groups excluding carboxylic acids is 3. The van der Waals surface area contributed by atoms with Crippen LogP contribution in [-0.2, 0) is 9.59 Å². The number of rotatable bonds is 4. The first-order chi connectivity index (χ1) is 9.95. The summed E-state index contributed by atoms with van der Waals surface area (Å²) in [6.07, 6.45) is 1.06. The van der Waals surface area contributed by atoms with Gasteiger partial charge in [0, 0.05) is 25.7 Å². The van der Waals surface area contributed by atoms with Crippen molar-refractivity contribution in [2.24, 2.45) is 0 Å². The third kappa shape index (κ3) is 2.74. The van der Waals surface area contributed by atoms with E-state index in [1.807, 2.05) is 20.8 Å². The molecule has 2 aliphatic rings. The van der Waals surface area contributed by atoms with Gasteiger partial charge in [-0.2, -0.15) is 0 Å². The number of hydrogen-bond acceptors (Lipinski definition) is 4. The van der Waals surface area contributed by atoms with E-state index in [0.717, 1.165) is 18.0 Å². The Morgan fingerprint density at radius 3 is 2.52 bits per heavy atom. The van der Waals surface area contributed by atoms with Gasteiger partial charge in [-0.1, -0.05) is 13.8 Å². The largest absolute Gasteiger partial charge is 0.336 e. The molecule has 2 saturated heterocycles. The predicted octanol–water partition coefficient (Wildman–Crippen LogP) is -0.0827. The minimum absolute atomic E-state index is 0.0779. The minimum Gasteiger partial charge on any atom is -0.336 e. The van der Waals surface area contributed by atoms with Crippen molar-refractivity contribution in [2.75, 3.05) is 26.2 Å². The number of urea groups is 1. The van der Waals surface area contributed by atoms with Crippen molar-refractivity contribution in [3.05, 3.63) is 0 Å². The third-order valence-electron chi connectivity index (χ3n) is 4.57. The van der Waals surface area contributed by atoms with Crippen LogP contribution < -0.4 is 10.6 Å². The van der Waals surface area contributed by atoms with Crippen LogP contribution in [0.4, 0.5) is 4.79 Å². The number of nitrogens with zero attached hydrogens (tertiary/aromatic N) is 2. The molecule has 118 valence electrons. The fraction of sp³-hybridized carbons (Fsp3) is 0.786. The van der Waals surface area contributed by atoms with Crippen LogP contribution in [0.15, 0.2) is 0 Å². The van der Waals surface area contributed by atoms with Crippen LogP contribution in [0.1, 0.15) is 33.6 Å². The first-order valence-electron chi connectivity index (χ1n) is 7.59. The molecule has 7 nitrogen and oxygen atoms in total. The van der Waals surface area contributed by atoms with E-state index in [1.54, 1.807) is 4.90 Å². The summed E-state index contributed by atoms with van der Waals surface area (Å²) < 4.78 is 0. The maximum Gasteiger partial charge on any atom is 0.325 e. The topological polar surface area (TPSA) is 81.8 Å². The molecule has 4 amide bonds. The van der Waals surface area contributed by atoms with Crippen LogP contribution in [0.2, 0.25) is 0 Å². The van der Waals surface area contributed by atoms with Crippen LogP contribution in [0.25, 0.3) is 0 Å². The molecular weight excluding hydrogens is 272 g/mol. The van der Waals surface area contributed by atoms with Gasteiger partial charge >= 0.3 is 6.03 Å². The first kappa shape index (κ1) is 15.8. The maximum atomic E-state index is 12.5. The summed E-state index contributed by atoms with van der Waals surface area (Å²) in [5.41, 5.74) is -0.841. The summed E-state index contributed by atoms with van der Waals surface area (Å²) in [6.45, 7) is 7.60. The SMILES string of the molecule is CCC1(CC)NC(=O)N(CC(=O)N2CCNC[C@H]2C)C1=O. The van der Waals surface area contributed by atoms with Crippen molar-refractivity contribution in [1.82, 2.24) is 20.4 Å². The van der Waals surface area contributed by atoms with E-state index in [2.05, 4.69) is 10.6 Å². The number of carbonyl (C=O) groups is 3. The molecule has 0 aromatic rings. The average Bonchev–Trinajstić information content (AvgIpc) is 2.72. The van der Waals surface area contributed by atoms with Crippen LogP contribution >= 0.6 is 0 Å². The molecule has 0 aliphatic carbocycles. The summed E-state index contributed by atoms with van der Waals surface area (Å²) in [5, 5.41) is 5.95. The lowest BCUT2D eigenvalue weighted by Gasteiger charge is -2.34. The van der Waals surface area contributed by atoms with E-state index in [9.17, 15) is 14.4 Å². The highest BCUT2D eigenvalue weighted by Gasteiger charge is 2.49. The van der Waals surface area contributed by atoms with Crippen molar-refractivity contribution in [3.8, 4) is 0 Å². The molecule has 0 aromatic heterocycles. The third-order valence-corrected chi connectivity index (χ3v) is 4.57. The molecule has 0 radical (unpaired) electrons. The molecule has 0 saturated carbocycles. The van der Waals surface area contributed by atoms with Gasteiger partial charge in [0.05, 0.1) is 0 Å². The molecule has 7 heteroatoms. The van der Waals surface area contributed by atoms with Crippen molar-refractivity contribution < 1.29 is 14.4 Å². The molecule has 1 atom stereocenters. The zero-order valence-electron chi connectivity index (χ0n) is 12.9. The summed E-state index contributed by atoms with van der Waals surface area (Å²) >= 11 is 0. The van der Waals surface area contributed by atoms with Gasteiger partial charge in [0.25, 0.3) is 5.91 Å². The molecule has 2 aliphatic heterocycles. The maximum absolute atomic E-state index is 12.5. The van der Waals surface area contributed by atoms with Crippen LogP contribution in [0, 0.1) is 0 Å². The number of hydrogen-bond donors (Lipinski definition) is 2. The number of piperazine rings is 1. The lowest BCUT2D eigenvalue weighted by Crippen LogP contribution is -2.55. The van der Waals surface area contributed by atoms with E-state index in [-0.39, 0.29) is 24.4 Å². The molecule has 2 N–H and O–H groups in total. The van der Waals surface area contributed by atoms with E-state index in [1.165, 1.54) is 0 Å². The fourth-order valence-electron chi connectivity index (χ4n) is 2.99. The van der Waals surface area contributed by atoms with Crippen LogP contribution in [0.5, 0.6) is 0 Å². The number of amides is 4. The Morgan fingerprint density at radius 2 is 2.00 bits per heavy atom. The zero-order valence-corrected chi connectivity index (χ0v) is 12.9. The van der Waals surface area contributed by atoms with Crippen molar-refractivity contribution in [3.63, 3.8) is 0 Å². The summed E-state index contributed by atoms with van der Waals surface area (Å²) in [7, 11) is 0. The molecule has 21 heavy (non-hydrogen) atoms. The number of nitrogens with one attached hydrogen (secondary N) is 2. The van der Waals surface area contributed by atoms with Gasteiger partial charge in [-0.15, -0.1) is 0 Å². The van der Waals surface area contributed by atoms with Gasteiger partial charge in [-0.3, -0.25) is 14.5 Å². The van der Waals surface area contributed by atoms with Crippen molar-refractivity contribution in [1.29, 1.82) is 0 Å². The summed E-state index contributed by atoms with van der Waals surface area (Å²) in [5.74, 6) is -0.454. The molecule has 2 heterocycles. The second-order valence-electron chi connectivity index (χ2n) is 5.75. The molecule has 0 unspecified atom stereocenters. The standard InChI is InChI=1S/C14H24N4O3/c1-4-14(5-2)12(20)18(13(21)16-14)9-11(19)17-7-6-15-8-10(17)3/h10,15H,4-9H2,1-3H3,(H,16,21)/t10-/m1/s1. The van der Waals surface area contributed by atoms with Crippen molar-refractivity contribution >= 4 is 17.8 Å². The van der Waals surface area contributed by atoms with Crippen LogP contribution in [-0.4, -0.2) is 65.4 Å². The van der Waals surface area contributed by atoms with E-state index >= 15 is 0 Å². The normalized spacial score (nSPS) is 25.2. The quantitative estimate of drug-likeness (QED) is 0.711. The zero-order chi connectivity index (χ0) is 15.6. The Balaban J connectivity index is 2.07. The van der Waals surface area contributed by atoms with Gasteiger partial charge in [-0.05, 0) is 19.8 Å². The lowest BCUT2D eigenvalue weighted by atomic mass is 9.93. The molecule has 0 bridgehead atoms. The van der Waals surface area contributed by atoms with Crippen molar-refractivity contribution in [2.45, 2.75) is 45.2 Å². The number of imide groups is 1. The second kappa shape index (κ2) is 6.01. The average molecular weight is 296 g/mol. The van der Waals surface area contributed by atoms with E-state index < -0.39 is 11.6 Å². The molecular formula is C14H24N4O3. The second-order valence-corrected chi connectivity index (χ2v) is 5.75. The monoisotopic (exact) mass is 296 g/mol. The lowest BCUT2D eigenvalue weighted by molar-refractivity contribution is -0.140.